The van der Waals surface area contributed by atoms with Gasteiger partial charge in [-0.3, -0.25) is 9.36 Å². The normalized spacial score (nSPS) is 13.8. The van der Waals surface area contributed by atoms with Crippen LogP contribution in [0.5, 0.6) is 5.75 Å². The van der Waals surface area contributed by atoms with Crippen molar-refractivity contribution < 1.29 is 33.0 Å². The van der Waals surface area contributed by atoms with Gasteiger partial charge in [0.2, 0.25) is 11.4 Å². The topological polar surface area (TPSA) is 131 Å². The van der Waals surface area contributed by atoms with Crippen LogP contribution in [0, 0.1) is 5.92 Å². The number of nitrogens with one attached hydrogen (secondary N) is 1. The van der Waals surface area contributed by atoms with Crippen LogP contribution in [0.25, 0.3) is 32.7 Å². The van der Waals surface area contributed by atoms with Crippen molar-refractivity contribution in [2.45, 2.75) is 19.8 Å². The van der Waals surface area contributed by atoms with Gasteiger partial charge < -0.3 is 29.0 Å². The molecule has 0 aliphatic heterocycles. The molecule has 0 atom stereocenters. The van der Waals surface area contributed by atoms with E-state index in [9.17, 15) is 19.1 Å². The van der Waals surface area contributed by atoms with Crippen LogP contribution in [0.3, 0.4) is 0 Å². The molecule has 0 radical (unpaired) electrons. The van der Waals surface area contributed by atoms with Gasteiger partial charge in [-0.05, 0) is 55.7 Å². The summed E-state index contributed by atoms with van der Waals surface area (Å²) in [6.07, 6.45) is 1.83. The van der Waals surface area contributed by atoms with Gasteiger partial charge in [-0.15, -0.1) is 0 Å². The molecule has 1 aliphatic rings. The Morgan fingerprint density at radius 3 is 2.72 bits per heavy atom. The number of thiazole rings is 1. The molecule has 36 heavy (non-hydrogen) atoms. The van der Waals surface area contributed by atoms with E-state index < -0.39 is 13.1 Å². The SMILES string of the molecule is CCOCCOc1ccc(-c2cccc3nc(NC(=O)C4CC4)sc23)cc1-c1ccc(P(=O)(O)O)o1. The average molecular weight is 529 g/mol. The summed E-state index contributed by atoms with van der Waals surface area (Å²) >= 11 is 1.41. The minimum absolute atomic E-state index is 0.00475. The average Bonchev–Trinajstić information content (AvgIpc) is 3.43. The third-order valence-electron chi connectivity index (χ3n) is 5.72. The minimum Gasteiger partial charge on any atom is -0.490 e. The lowest BCUT2D eigenvalue weighted by molar-refractivity contribution is -0.117. The Balaban J connectivity index is 1.53. The smallest absolute Gasteiger partial charge is 0.391 e. The van der Waals surface area contributed by atoms with Gasteiger partial charge >= 0.3 is 7.60 Å². The number of carbonyl (C=O) groups is 1. The lowest BCUT2D eigenvalue weighted by Gasteiger charge is -2.13. The van der Waals surface area contributed by atoms with Gasteiger partial charge in [-0.25, -0.2) is 4.98 Å². The number of benzene rings is 2. The van der Waals surface area contributed by atoms with Crippen molar-refractivity contribution in [3.63, 3.8) is 0 Å². The third kappa shape index (κ3) is 5.38. The number of nitrogens with zero attached hydrogens (tertiary/aromatic N) is 1. The highest BCUT2D eigenvalue weighted by Crippen LogP contribution is 2.41. The fraction of sp³-hybridized carbons (Fsp3) is 0.280. The Bertz CT molecular complexity index is 1450. The van der Waals surface area contributed by atoms with E-state index in [1.54, 1.807) is 6.07 Å². The Morgan fingerprint density at radius 1 is 1.17 bits per heavy atom. The van der Waals surface area contributed by atoms with E-state index in [0.29, 0.717) is 36.3 Å². The number of anilines is 1. The maximum atomic E-state index is 12.2. The lowest BCUT2D eigenvalue weighted by atomic mass is 10.0. The van der Waals surface area contributed by atoms with Crippen molar-refractivity contribution in [2.24, 2.45) is 5.92 Å². The van der Waals surface area contributed by atoms with E-state index in [1.807, 2.05) is 37.3 Å². The Hall–Kier alpha value is -3.01. The predicted molar refractivity (Wildman–Crippen MR) is 138 cm³/mol. The molecule has 0 saturated heterocycles. The quantitative estimate of drug-likeness (QED) is 0.198. The van der Waals surface area contributed by atoms with E-state index in [-0.39, 0.29) is 17.6 Å². The molecule has 5 rings (SSSR count). The Kier molecular flexibility index (Phi) is 6.96. The third-order valence-corrected chi connectivity index (χ3v) is 7.55. The molecule has 188 valence electrons. The summed E-state index contributed by atoms with van der Waals surface area (Å²) < 4.78 is 29.4. The van der Waals surface area contributed by atoms with Crippen molar-refractivity contribution in [2.75, 3.05) is 25.1 Å². The zero-order chi connectivity index (χ0) is 25.3. The summed E-state index contributed by atoms with van der Waals surface area (Å²) in [7, 11) is -4.55. The maximum absolute atomic E-state index is 12.2. The molecule has 2 heterocycles. The minimum atomic E-state index is -4.55. The molecule has 3 N–H and O–H groups in total. The number of hydrogen-bond acceptors (Lipinski definition) is 7. The molecule has 2 aromatic carbocycles. The first-order valence-electron chi connectivity index (χ1n) is 11.5. The highest BCUT2D eigenvalue weighted by Gasteiger charge is 2.30. The monoisotopic (exact) mass is 528 g/mol. The summed E-state index contributed by atoms with van der Waals surface area (Å²) in [4.78, 5) is 35.8. The van der Waals surface area contributed by atoms with E-state index >= 15 is 0 Å². The standard InChI is InChI=1S/C25H25N2O7PS/c1-2-32-12-13-33-20-9-8-16(14-18(20)21-10-11-22(34-21)35(29,30)31)17-4-3-5-19-23(17)36-25(26-19)27-24(28)15-6-7-15/h3-5,8-11,14-15H,2,6-7,12-13H2,1H3,(H,26,27,28)(H2,29,30,31). The predicted octanol–water partition coefficient (Wildman–Crippen LogP) is 4.79. The summed E-state index contributed by atoms with van der Waals surface area (Å²) in [5, 5.41) is 3.47. The first-order valence-corrected chi connectivity index (χ1v) is 14.0. The van der Waals surface area contributed by atoms with Crippen LogP contribution in [0.4, 0.5) is 5.13 Å². The number of amides is 1. The molecule has 1 aliphatic carbocycles. The van der Waals surface area contributed by atoms with Crippen molar-refractivity contribution >= 4 is 45.7 Å². The molecular formula is C25H25N2O7PS. The van der Waals surface area contributed by atoms with Crippen molar-refractivity contribution in [1.82, 2.24) is 4.98 Å². The van der Waals surface area contributed by atoms with Crippen LogP contribution in [0.15, 0.2) is 52.9 Å². The number of aromatic nitrogens is 1. The lowest BCUT2D eigenvalue weighted by Crippen LogP contribution is -2.12. The number of rotatable bonds is 10. The molecule has 4 aromatic rings. The van der Waals surface area contributed by atoms with Crippen molar-refractivity contribution in [1.29, 1.82) is 0 Å². The Labute approximate surface area is 211 Å². The second-order valence-corrected chi connectivity index (χ2v) is 10.9. The van der Waals surface area contributed by atoms with Crippen LogP contribution < -0.4 is 15.6 Å². The van der Waals surface area contributed by atoms with E-state index in [1.165, 1.54) is 23.5 Å². The second-order valence-electron chi connectivity index (χ2n) is 8.37. The summed E-state index contributed by atoms with van der Waals surface area (Å²) in [5.41, 5.74) is 2.65. The molecule has 2 aromatic heterocycles. The summed E-state index contributed by atoms with van der Waals surface area (Å²) in [5.74, 6) is 0.861. The maximum Gasteiger partial charge on any atom is 0.391 e. The van der Waals surface area contributed by atoms with Crippen LogP contribution in [0.2, 0.25) is 0 Å². The molecule has 0 bridgehead atoms. The highest BCUT2D eigenvalue weighted by atomic mass is 32.1. The fourth-order valence-electron chi connectivity index (χ4n) is 3.78. The van der Waals surface area contributed by atoms with Gasteiger partial charge in [-0.1, -0.05) is 29.5 Å². The molecule has 0 unspecified atom stereocenters. The van der Waals surface area contributed by atoms with Crippen LogP contribution in [0.1, 0.15) is 19.8 Å². The molecule has 1 fully saturated rings. The van der Waals surface area contributed by atoms with Crippen molar-refractivity contribution in [3.8, 4) is 28.2 Å². The molecular weight excluding hydrogens is 503 g/mol. The first-order chi connectivity index (χ1) is 17.3. The largest absolute Gasteiger partial charge is 0.490 e. The molecule has 1 saturated carbocycles. The highest BCUT2D eigenvalue weighted by molar-refractivity contribution is 7.59. The van der Waals surface area contributed by atoms with Crippen LogP contribution in [-0.4, -0.2) is 40.5 Å². The number of carbonyl (C=O) groups excluding carboxylic acids is 1. The molecule has 9 nitrogen and oxygen atoms in total. The van der Waals surface area contributed by atoms with Gasteiger partial charge in [0, 0.05) is 18.1 Å². The van der Waals surface area contributed by atoms with Gasteiger partial charge in [0.15, 0.2) is 5.13 Å². The van der Waals surface area contributed by atoms with E-state index in [4.69, 9.17) is 13.9 Å². The zero-order valence-electron chi connectivity index (χ0n) is 19.5. The molecule has 0 spiro atoms. The van der Waals surface area contributed by atoms with Gasteiger partial charge in [0.05, 0.1) is 22.4 Å². The van der Waals surface area contributed by atoms with Crippen molar-refractivity contribution in [3.05, 3.63) is 48.5 Å². The van der Waals surface area contributed by atoms with E-state index in [2.05, 4.69) is 10.3 Å². The summed E-state index contributed by atoms with van der Waals surface area (Å²) in [6.45, 7) is 3.18. The van der Waals surface area contributed by atoms with Crippen LogP contribution >= 0.6 is 18.9 Å². The van der Waals surface area contributed by atoms with Crippen LogP contribution in [-0.2, 0) is 14.1 Å². The molecule has 11 heteroatoms. The number of hydrogen-bond donors (Lipinski definition) is 3. The fourth-order valence-corrected chi connectivity index (χ4v) is 5.27. The van der Waals surface area contributed by atoms with E-state index in [0.717, 1.165) is 34.2 Å². The summed E-state index contributed by atoms with van der Waals surface area (Å²) in [6, 6.07) is 14.1. The van der Waals surface area contributed by atoms with Gasteiger partial charge in [0.1, 0.15) is 18.1 Å². The number of ether oxygens (including phenoxy) is 2. The second kappa shape index (κ2) is 10.2. The molecule has 1 amide bonds. The van der Waals surface area contributed by atoms with Gasteiger partial charge in [-0.2, -0.15) is 0 Å². The zero-order valence-corrected chi connectivity index (χ0v) is 21.2. The van der Waals surface area contributed by atoms with Gasteiger partial charge in [0.25, 0.3) is 0 Å². The number of fused-ring (bicyclic) bond motifs is 1. The Morgan fingerprint density at radius 2 is 2.00 bits per heavy atom. The first kappa shape index (κ1) is 24.7. The number of furan rings is 1.